The highest BCUT2D eigenvalue weighted by molar-refractivity contribution is 14.0. The van der Waals surface area contributed by atoms with Crippen molar-refractivity contribution in [2.75, 3.05) is 7.05 Å². The van der Waals surface area contributed by atoms with Crippen molar-refractivity contribution in [3.8, 4) is 0 Å². The van der Waals surface area contributed by atoms with E-state index >= 15 is 0 Å². The number of benzene rings is 1. The minimum absolute atomic E-state index is 0. The predicted molar refractivity (Wildman–Crippen MR) is 101 cm³/mol. The summed E-state index contributed by atoms with van der Waals surface area (Å²) in [6.45, 7) is 2.13. The topological polar surface area (TPSA) is 49.3 Å². The molecular weight excluding hydrogens is 471 g/mol. The van der Waals surface area contributed by atoms with E-state index in [2.05, 4.69) is 20.6 Å². The molecule has 1 aromatic carbocycles. The molecule has 0 saturated carbocycles. The molecule has 0 aliphatic carbocycles. The van der Waals surface area contributed by atoms with Crippen LogP contribution in [0.3, 0.4) is 0 Å². The average Bonchev–Trinajstić information content (AvgIpc) is 3.00. The van der Waals surface area contributed by atoms with Crippen molar-refractivity contribution in [1.29, 1.82) is 0 Å². The smallest absolute Gasteiger partial charge is 0.352 e. The fourth-order valence-electron chi connectivity index (χ4n) is 1.83. The third-order valence-corrected chi connectivity index (χ3v) is 4.02. The molecule has 0 saturated heterocycles. The van der Waals surface area contributed by atoms with Crippen molar-refractivity contribution in [2.24, 2.45) is 4.99 Å². The lowest BCUT2D eigenvalue weighted by Gasteiger charge is -2.11. The highest BCUT2D eigenvalue weighted by Crippen LogP contribution is 2.29. The van der Waals surface area contributed by atoms with Gasteiger partial charge in [0.05, 0.1) is 6.54 Å². The minimum atomic E-state index is -4.44. The second-order valence-corrected chi connectivity index (χ2v) is 5.93. The molecule has 0 unspecified atom stereocenters. The van der Waals surface area contributed by atoms with Crippen molar-refractivity contribution in [3.05, 3.63) is 51.2 Å². The predicted octanol–water partition coefficient (Wildman–Crippen LogP) is 4.09. The van der Waals surface area contributed by atoms with Gasteiger partial charge in [0.25, 0.3) is 0 Å². The average molecular weight is 488 g/mol. The Hall–Kier alpha value is -1.43. The van der Waals surface area contributed by atoms with Crippen LogP contribution in [0, 0.1) is 12.7 Å². The number of halogens is 5. The molecule has 0 bridgehead atoms. The fourth-order valence-corrected chi connectivity index (χ4v) is 2.57. The molecule has 1 aromatic heterocycles. The van der Waals surface area contributed by atoms with Gasteiger partial charge in [-0.2, -0.15) is 13.2 Å². The van der Waals surface area contributed by atoms with Gasteiger partial charge in [-0.15, -0.1) is 35.3 Å². The van der Waals surface area contributed by atoms with Gasteiger partial charge in [0, 0.05) is 19.0 Å². The van der Waals surface area contributed by atoms with Crippen molar-refractivity contribution in [1.82, 2.24) is 15.6 Å². The van der Waals surface area contributed by atoms with Crippen LogP contribution in [0.4, 0.5) is 17.6 Å². The zero-order valence-electron chi connectivity index (χ0n) is 13.4. The number of aryl methyl sites for hydroxylation is 1. The first-order valence-corrected chi connectivity index (χ1v) is 7.88. The van der Waals surface area contributed by atoms with Gasteiger partial charge in [0.1, 0.15) is 10.8 Å². The maximum Gasteiger partial charge on any atom is 0.434 e. The summed E-state index contributed by atoms with van der Waals surface area (Å²) in [5.74, 6) is 0.0967. The van der Waals surface area contributed by atoms with E-state index in [0.29, 0.717) is 23.1 Å². The largest absolute Gasteiger partial charge is 0.434 e. The van der Waals surface area contributed by atoms with E-state index in [1.807, 2.05) is 0 Å². The SMILES string of the molecule is CN=C(NCc1ccc(C)c(F)c1)NCc1nc(C(F)(F)F)cs1.I. The molecule has 0 atom stereocenters. The fraction of sp³-hybridized carbons (Fsp3) is 0.333. The van der Waals surface area contributed by atoms with E-state index in [1.54, 1.807) is 19.1 Å². The van der Waals surface area contributed by atoms with Gasteiger partial charge in [0.15, 0.2) is 11.7 Å². The molecule has 2 N–H and O–H groups in total. The molecule has 0 aliphatic heterocycles. The molecule has 0 amide bonds. The lowest BCUT2D eigenvalue weighted by atomic mass is 10.1. The summed E-state index contributed by atoms with van der Waals surface area (Å²) in [6, 6.07) is 4.89. The Morgan fingerprint density at radius 2 is 1.92 bits per heavy atom. The highest BCUT2D eigenvalue weighted by atomic mass is 127. The van der Waals surface area contributed by atoms with Crippen LogP contribution in [0.15, 0.2) is 28.6 Å². The van der Waals surface area contributed by atoms with E-state index in [9.17, 15) is 17.6 Å². The molecule has 2 aromatic rings. The summed E-state index contributed by atoms with van der Waals surface area (Å²) in [6.07, 6.45) is -4.44. The number of guanidine groups is 1. The number of thiazole rings is 1. The molecule has 4 nitrogen and oxygen atoms in total. The van der Waals surface area contributed by atoms with Crippen molar-refractivity contribution < 1.29 is 17.6 Å². The summed E-state index contributed by atoms with van der Waals surface area (Å²) in [5, 5.41) is 7.11. The zero-order chi connectivity index (χ0) is 17.7. The molecular formula is C15H17F4IN4S. The van der Waals surface area contributed by atoms with E-state index < -0.39 is 11.9 Å². The lowest BCUT2D eigenvalue weighted by Crippen LogP contribution is -2.36. The van der Waals surface area contributed by atoms with Gasteiger partial charge in [0.2, 0.25) is 0 Å². The second kappa shape index (κ2) is 9.32. The van der Waals surface area contributed by atoms with Gasteiger partial charge >= 0.3 is 6.18 Å². The van der Waals surface area contributed by atoms with Crippen LogP contribution in [0.5, 0.6) is 0 Å². The summed E-state index contributed by atoms with van der Waals surface area (Å²) < 4.78 is 51.0. The number of aromatic nitrogens is 1. The summed E-state index contributed by atoms with van der Waals surface area (Å²) in [7, 11) is 1.54. The molecule has 2 rings (SSSR count). The number of nitrogens with zero attached hydrogens (tertiary/aromatic N) is 2. The molecule has 138 valence electrons. The summed E-state index contributed by atoms with van der Waals surface area (Å²) >= 11 is 0.921. The van der Waals surface area contributed by atoms with Crippen LogP contribution in [0.25, 0.3) is 0 Å². The summed E-state index contributed by atoms with van der Waals surface area (Å²) in [4.78, 5) is 7.50. The third kappa shape index (κ3) is 6.42. The zero-order valence-corrected chi connectivity index (χ0v) is 16.6. The van der Waals surface area contributed by atoms with Gasteiger partial charge in [-0.1, -0.05) is 12.1 Å². The normalized spacial score (nSPS) is 11.8. The molecule has 0 spiro atoms. The van der Waals surface area contributed by atoms with E-state index in [0.717, 1.165) is 22.3 Å². The second-order valence-electron chi connectivity index (χ2n) is 4.99. The van der Waals surface area contributed by atoms with Crippen LogP contribution in [-0.4, -0.2) is 18.0 Å². The van der Waals surface area contributed by atoms with Crippen LogP contribution in [0.1, 0.15) is 21.8 Å². The van der Waals surface area contributed by atoms with Crippen molar-refractivity contribution in [3.63, 3.8) is 0 Å². The van der Waals surface area contributed by atoms with Crippen molar-refractivity contribution in [2.45, 2.75) is 26.2 Å². The van der Waals surface area contributed by atoms with Crippen LogP contribution in [0.2, 0.25) is 0 Å². The highest BCUT2D eigenvalue weighted by Gasteiger charge is 2.33. The number of hydrogen-bond donors (Lipinski definition) is 2. The Morgan fingerprint density at radius 3 is 2.48 bits per heavy atom. The van der Waals surface area contributed by atoms with Crippen LogP contribution in [-0.2, 0) is 19.3 Å². The number of rotatable bonds is 4. The van der Waals surface area contributed by atoms with Crippen LogP contribution < -0.4 is 10.6 Å². The Bertz CT molecular complexity index is 731. The first-order chi connectivity index (χ1) is 11.3. The van der Waals surface area contributed by atoms with Crippen LogP contribution >= 0.6 is 35.3 Å². The first-order valence-electron chi connectivity index (χ1n) is 7.00. The Morgan fingerprint density at radius 1 is 1.24 bits per heavy atom. The van der Waals surface area contributed by atoms with Gasteiger partial charge in [-0.3, -0.25) is 4.99 Å². The monoisotopic (exact) mass is 488 g/mol. The summed E-state index contributed by atoms with van der Waals surface area (Å²) in [5.41, 5.74) is 0.391. The quantitative estimate of drug-likeness (QED) is 0.295. The molecule has 10 heteroatoms. The van der Waals surface area contributed by atoms with E-state index in [1.165, 1.54) is 13.1 Å². The number of hydrogen-bond acceptors (Lipinski definition) is 3. The Labute approximate surface area is 163 Å². The van der Waals surface area contributed by atoms with Crippen molar-refractivity contribution >= 4 is 41.3 Å². The maximum atomic E-state index is 13.5. The molecule has 0 aliphatic rings. The maximum absolute atomic E-state index is 13.5. The number of nitrogens with one attached hydrogen (secondary N) is 2. The molecule has 25 heavy (non-hydrogen) atoms. The molecule has 0 fully saturated rings. The van der Waals surface area contributed by atoms with Gasteiger partial charge in [-0.05, 0) is 24.1 Å². The minimum Gasteiger partial charge on any atom is -0.352 e. The van der Waals surface area contributed by atoms with E-state index in [4.69, 9.17) is 0 Å². The van der Waals surface area contributed by atoms with E-state index in [-0.39, 0.29) is 36.3 Å². The third-order valence-electron chi connectivity index (χ3n) is 3.17. The Kier molecular flexibility index (Phi) is 8.06. The lowest BCUT2D eigenvalue weighted by molar-refractivity contribution is -0.140. The number of aliphatic imine (C=N–C) groups is 1. The molecule has 1 heterocycles. The van der Waals surface area contributed by atoms with Gasteiger partial charge < -0.3 is 10.6 Å². The van der Waals surface area contributed by atoms with Gasteiger partial charge in [-0.25, -0.2) is 9.37 Å². The molecule has 0 radical (unpaired) electrons. The standard InChI is InChI=1S/C15H16F4N4S.HI/c1-9-3-4-10(5-11(9)16)6-21-14(20-2)22-7-13-23-12(8-24-13)15(17,18)19;/h3-5,8H,6-7H2,1-2H3,(H2,20,21,22);1H. The first kappa shape index (κ1) is 21.6. The number of alkyl halides is 3. The Balaban J connectivity index is 0.00000312.